The van der Waals surface area contributed by atoms with E-state index in [0.717, 1.165) is 18.2 Å². The number of hydrogen-bond acceptors (Lipinski definition) is 7. The van der Waals surface area contributed by atoms with E-state index in [1.165, 1.54) is 18.2 Å². The van der Waals surface area contributed by atoms with Crippen LogP contribution in [0.5, 0.6) is 0 Å². The van der Waals surface area contributed by atoms with Gasteiger partial charge in [0.15, 0.2) is 5.79 Å². The number of carbonyl (C=O) groups is 2. The number of hydrogen-bond donors (Lipinski definition) is 2. The Hall–Kier alpha value is -2.95. The maximum atomic E-state index is 12.7. The molecule has 7 nitrogen and oxygen atoms in total. The number of esters is 2. The summed E-state index contributed by atoms with van der Waals surface area (Å²) in [6.45, 7) is 3.01. The van der Waals surface area contributed by atoms with Gasteiger partial charge in [-0.15, -0.1) is 0 Å². The normalized spacial score (nSPS) is 32.4. The molecule has 0 aromatic heterocycles. The molecule has 10 heteroatoms. The molecule has 2 unspecified atom stereocenters. The number of aliphatic hydroxyl groups is 2. The van der Waals surface area contributed by atoms with Gasteiger partial charge in [0.1, 0.15) is 12.4 Å². The number of rotatable bonds is 4. The summed E-state index contributed by atoms with van der Waals surface area (Å²) >= 11 is 0. The molecule has 1 fully saturated rings. The molecule has 0 amide bonds. The monoisotopic (exact) mass is 494 g/mol. The third kappa shape index (κ3) is 5.19. The molecule has 0 spiro atoms. The number of carbonyl (C=O) groups excluding carboxylic acids is 2. The quantitative estimate of drug-likeness (QED) is 0.487. The fraction of sp³-hybridized carbons (Fsp3) is 0.440. The molecule has 0 saturated carbocycles. The first-order chi connectivity index (χ1) is 16.3. The lowest BCUT2D eigenvalue weighted by Gasteiger charge is -2.32. The summed E-state index contributed by atoms with van der Waals surface area (Å²) in [5, 5.41) is 21.7. The minimum absolute atomic E-state index is 0.0272. The van der Waals surface area contributed by atoms with Crippen LogP contribution in [0.15, 0.2) is 53.3 Å². The fourth-order valence-corrected chi connectivity index (χ4v) is 4.52. The van der Waals surface area contributed by atoms with Gasteiger partial charge in [0.25, 0.3) is 0 Å². The van der Waals surface area contributed by atoms with Crippen LogP contribution in [0.2, 0.25) is 0 Å². The van der Waals surface area contributed by atoms with Crippen LogP contribution >= 0.6 is 0 Å². The van der Waals surface area contributed by atoms with Gasteiger partial charge in [-0.05, 0) is 49.6 Å². The molecule has 4 rings (SSSR count). The van der Waals surface area contributed by atoms with E-state index in [-0.39, 0.29) is 23.3 Å². The standard InChI is InChI=1S/C25H25F3O7/c1-14-11-18(29)21-17(22(31)34-19(21)12-23(2)9-10-24(14,32)35-23)13-33-20(30)8-5-15-3-6-16(7-4-15)25(26,27)28/h3-8,12,14,18,29,32H,9-11,13H2,1-2H3/b8-5+,19-12+/t14-,18+,23?,24?/m1/s1. The first-order valence-electron chi connectivity index (χ1n) is 11.1. The van der Waals surface area contributed by atoms with Gasteiger partial charge in [0.05, 0.1) is 22.8 Å². The summed E-state index contributed by atoms with van der Waals surface area (Å²) < 4.78 is 54.4. The second-order valence-corrected chi connectivity index (χ2v) is 9.26. The van der Waals surface area contributed by atoms with Crippen LogP contribution < -0.4 is 0 Å². The number of aliphatic hydroxyl groups excluding tert-OH is 1. The topological polar surface area (TPSA) is 102 Å². The van der Waals surface area contributed by atoms with Gasteiger partial charge in [0, 0.05) is 24.0 Å². The lowest BCUT2D eigenvalue weighted by molar-refractivity contribution is -0.238. The van der Waals surface area contributed by atoms with Crippen LogP contribution in [0.3, 0.4) is 0 Å². The Labute approximate surface area is 199 Å². The summed E-state index contributed by atoms with van der Waals surface area (Å²) in [5.41, 5.74) is -1.21. The predicted molar refractivity (Wildman–Crippen MR) is 116 cm³/mol. The van der Waals surface area contributed by atoms with Gasteiger partial charge < -0.3 is 24.4 Å². The van der Waals surface area contributed by atoms with Crippen LogP contribution in [0.4, 0.5) is 13.2 Å². The summed E-state index contributed by atoms with van der Waals surface area (Å²) in [6, 6.07) is 4.21. The summed E-state index contributed by atoms with van der Waals surface area (Å²) in [4.78, 5) is 24.7. The Morgan fingerprint density at radius 2 is 1.94 bits per heavy atom. The number of benzene rings is 1. The van der Waals surface area contributed by atoms with Crippen molar-refractivity contribution in [3.63, 3.8) is 0 Å². The van der Waals surface area contributed by atoms with Crippen LogP contribution in [0.25, 0.3) is 6.08 Å². The van der Waals surface area contributed by atoms with Gasteiger partial charge in [-0.3, -0.25) is 0 Å². The average Bonchev–Trinajstić information content (AvgIpc) is 3.26. The van der Waals surface area contributed by atoms with Crippen LogP contribution in [0.1, 0.15) is 44.2 Å². The van der Waals surface area contributed by atoms with Crippen molar-refractivity contribution in [3.8, 4) is 0 Å². The Morgan fingerprint density at radius 1 is 1.26 bits per heavy atom. The van der Waals surface area contributed by atoms with E-state index in [9.17, 15) is 33.0 Å². The van der Waals surface area contributed by atoms with Crippen molar-refractivity contribution < 1.29 is 47.2 Å². The van der Waals surface area contributed by atoms with E-state index >= 15 is 0 Å². The highest BCUT2D eigenvalue weighted by molar-refractivity contribution is 5.96. The highest BCUT2D eigenvalue weighted by atomic mass is 19.4. The molecular formula is C25H25F3O7. The Morgan fingerprint density at radius 3 is 2.60 bits per heavy atom. The van der Waals surface area contributed by atoms with Crippen molar-refractivity contribution in [1.29, 1.82) is 0 Å². The summed E-state index contributed by atoms with van der Waals surface area (Å²) in [6.07, 6.45) is -0.838. The zero-order chi connectivity index (χ0) is 25.6. The van der Waals surface area contributed by atoms with Gasteiger partial charge in [-0.1, -0.05) is 19.1 Å². The fourth-order valence-electron chi connectivity index (χ4n) is 4.52. The maximum absolute atomic E-state index is 12.7. The molecule has 188 valence electrons. The van der Waals surface area contributed by atoms with E-state index in [4.69, 9.17) is 14.2 Å². The molecule has 3 aliphatic heterocycles. The second-order valence-electron chi connectivity index (χ2n) is 9.26. The van der Waals surface area contributed by atoms with Gasteiger partial charge in [-0.2, -0.15) is 13.2 Å². The van der Waals surface area contributed by atoms with E-state index in [2.05, 4.69) is 0 Å². The van der Waals surface area contributed by atoms with Crippen LogP contribution in [-0.2, 0) is 30.0 Å². The van der Waals surface area contributed by atoms with Crippen molar-refractivity contribution in [2.45, 2.75) is 56.8 Å². The van der Waals surface area contributed by atoms with Crippen LogP contribution in [0, 0.1) is 5.92 Å². The maximum Gasteiger partial charge on any atom is 0.416 e. The number of fused-ring (bicyclic) bond motifs is 3. The second kappa shape index (κ2) is 8.92. The number of alkyl halides is 3. The first-order valence-corrected chi connectivity index (χ1v) is 11.1. The molecule has 1 aromatic carbocycles. The Bertz CT molecular complexity index is 1120. The summed E-state index contributed by atoms with van der Waals surface area (Å²) in [7, 11) is 0. The molecule has 4 atom stereocenters. The van der Waals surface area contributed by atoms with Crippen molar-refractivity contribution in [1.82, 2.24) is 0 Å². The third-order valence-corrected chi connectivity index (χ3v) is 6.55. The first kappa shape index (κ1) is 25.2. The van der Waals surface area contributed by atoms with Gasteiger partial charge in [-0.25, -0.2) is 9.59 Å². The van der Waals surface area contributed by atoms with Crippen molar-refractivity contribution >= 4 is 18.0 Å². The zero-order valence-electron chi connectivity index (χ0n) is 19.1. The zero-order valence-corrected chi connectivity index (χ0v) is 19.1. The van der Waals surface area contributed by atoms with Gasteiger partial charge in [0.2, 0.25) is 0 Å². The van der Waals surface area contributed by atoms with E-state index < -0.39 is 53.7 Å². The minimum atomic E-state index is -4.46. The average molecular weight is 494 g/mol. The van der Waals surface area contributed by atoms with E-state index in [0.29, 0.717) is 18.4 Å². The van der Waals surface area contributed by atoms with Crippen molar-refractivity contribution in [2.24, 2.45) is 5.92 Å². The molecule has 2 N–H and O–H groups in total. The van der Waals surface area contributed by atoms with Gasteiger partial charge >= 0.3 is 18.1 Å². The highest BCUT2D eigenvalue weighted by Gasteiger charge is 2.51. The lowest BCUT2D eigenvalue weighted by atomic mass is 9.86. The molecule has 0 aliphatic carbocycles. The molecule has 3 aliphatic rings. The Balaban J connectivity index is 1.50. The molecule has 1 saturated heterocycles. The molecule has 3 heterocycles. The Kier molecular flexibility index (Phi) is 6.41. The summed E-state index contributed by atoms with van der Waals surface area (Å²) in [5.74, 6) is -3.38. The molecule has 2 bridgehead atoms. The van der Waals surface area contributed by atoms with E-state index in [1.54, 1.807) is 19.9 Å². The predicted octanol–water partition coefficient (Wildman–Crippen LogP) is 3.66. The molecular weight excluding hydrogens is 469 g/mol. The smallest absolute Gasteiger partial charge is 0.416 e. The van der Waals surface area contributed by atoms with E-state index in [1.807, 2.05) is 0 Å². The molecule has 0 radical (unpaired) electrons. The van der Waals surface area contributed by atoms with Crippen LogP contribution in [-0.4, -0.2) is 46.3 Å². The molecule has 1 aromatic rings. The third-order valence-electron chi connectivity index (χ3n) is 6.55. The molecule has 35 heavy (non-hydrogen) atoms. The lowest BCUT2D eigenvalue weighted by Crippen LogP contribution is -2.39. The van der Waals surface area contributed by atoms with Crippen molar-refractivity contribution in [3.05, 3.63) is 64.4 Å². The minimum Gasteiger partial charge on any atom is -0.457 e. The largest absolute Gasteiger partial charge is 0.457 e. The number of halogens is 3. The number of ether oxygens (including phenoxy) is 3. The highest BCUT2D eigenvalue weighted by Crippen LogP contribution is 2.47. The van der Waals surface area contributed by atoms with Crippen molar-refractivity contribution in [2.75, 3.05) is 6.61 Å². The SMILES string of the molecule is C[C@@H]1C[C@H](O)C2=C(COC(=O)/C=C/c3ccc(C(F)(F)F)cc3)C(=O)O/C2=C/C2(C)CCC1(O)O2.